The number of aliphatic hydroxyl groups is 1. The second kappa shape index (κ2) is 8.72. The van der Waals surface area contributed by atoms with Crippen molar-refractivity contribution in [3.05, 3.63) is 24.3 Å². The van der Waals surface area contributed by atoms with Crippen LogP contribution in [0.5, 0.6) is 0 Å². The predicted octanol–water partition coefficient (Wildman–Crippen LogP) is 2.00. The highest BCUT2D eigenvalue weighted by molar-refractivity contribution is 5.76. The molecule has 0 bridgehead atoms. The second-order valence-electron chi connectivity index (χ2n) is 5.88. The van der Waals surface area contributed by atoms with E-state index in [0.29, 0.717) is 6.42 Å². The Bertz CT molecular complexity index is 417. The molecular weight excluding hydrogens is 266 g/mol. The van der Waals surface area contributed by atoms with E-state index in [9.17, 15) is 9.90 Å². The molecule has 0 saturated heterocycles. The van der Waals surface area contributed by atoms with E-state index in [0.717, 1.165) is 56.9 Å². The number of rotatable bonds is 7. The third-order valence-corrected chi connectivity index (χ3v) is 4.05. The van der Waals surface area contributed by atoms with Crippen LogP contribution >= 0.6 is 0 Å². The molecule has 5 nitrogen and oxygen atoms in total. The van der Waals surface area contributed by atoms with Crippen molar-refractivity contribution < 1.29 is 9.90 Å². The van der Waals surface area contributed by atoms with Crippen LogP contribution in [0.3, 0.4) is 0 Å². The Labute approximate surface area is 126 Å². The zero-order chi connectivity index (χ0) is 14.9. The third-order valence-electron chi connectivity index (χ3n) is 4.05. The van der Waals surface area contributed by atoms with Crippen LogP contribution in [0.15, 0.2) is 18.7 Å². The summed E-state index contributed by atoms with van der Waals surface area (Å²) in [5.74, 6) is 0.152. The molecule has 0 atom stereocenters. The van der Waals surface area contributed by atoms with Crippen LogP contribution < -0.4 is 5.32 Å². The van der Waals surface area contributed by atoms with Gasteiger partial charge in [-0.25, -0.2) is 9.97 Å². The number of unbranched alkanes of at least 4 members (excludes halogenated alkanes) is 2. The van der Waals surface area contributed by atoms with Crippen LogP contribution in [0, 0.1) is 0 Å². The maximum Gasteiger partial charge on any atom is 0.220 e. The first-order valence-electron chi connectivity index (χ1n) is 7.95. The van der Waals surface area contributed by atoms with Crippen LogP contribution in [-0.2, 0) is 11.2 Å². The summed E-state index contributed by atoms with van der Waals surface area (Å²) in [5.41, 5.74) is 1.16. The summed E-state index contributed by atoms with van der Waals surface area (Å²) in [6.07, 6.45) is 13.1. The van der Waals surface area contributed by atoms with Crippen LogP contribution in [0.4, 0.5) is 0 Å². The highest BCUT2D eigenvalue weighted by Gasteiger charge is 2.20. The lowest BCUT2D eigenvalue weighted by Gasteiger charge is -2.26. The Morgan fingerprint density at radius 2 is 1.86 bits per heavy atom. The monoisotopic (exact) mass is 291 g/mol. The zero-order valence-electron chi connectivity index (χ0n) is 12.5. The number of amides is 1. The van der Waals surface area contributed by atoms with E-state index in [2.05, 4.69) is 15.3 Å². The number of nitrogens with zero attached hydrogens (tertiary/aromatic N) is 2. The van der Waals surface area contributed by atoms with Crippen LogP contribution in [0.25, 0.3) is 0 Å². The lowest BCUT2D eigenvalue weighted by Crippen LogP contribution is -2.38. The van der Waals surface area contributed by atoms with Crippen molar-refractivity contribution >= 4 is 5.91 Å². The fourth-order valence-corrected chi connectivity index (χ4v) is 2.77. The number of aromatic nitrogens is 2. The lowest BCUT2D eigenvalue weighted by atomic mass is 9.93. The standard InChI is InChI=1S/C16H25N3O2/c20-15-8-6-14(7-9-15)19-16(21)5-3-1-2-4-13-10-17-12-18-11-13/h10-12,14-15,20H,1-9H2,(H,19,21). The van der Waals surface area contributed by atoms with Gasteiger partial charge in [0.25, 0.3) is 0 Å². The van der Waals surface area contributed by atoms with Gasteiger partial charge < -0.3 is 10.4 Å². The maximum atomic E-state index is 11.8. The summed E-state index contributed by atoms with van der Waals surface area (Å²) in [4.78, 5) is 19.8. The molecule has 21 heavy (non-hydrogen) atoms. The minimum absolute atomic E-state index is 0.152. The van der Waals surface area contributed by atoms with E-state index in [4.69, 9.17) is 0 Å². The van der Waals surface area contributed by atoms with Gasteiger partial charge in [0.15, 0.2) is 0 Å². The number of hydrogen-bond acceptors (Lipinski definition) is 4. The topological polar surface area (TPSA) is 75.1 Å². The molecule has 1 heterocycles. The van der Waals surface area contributed by atoms with Gasteiger partial charge in [-0.15, -0.1) is 0 Å². The Kier molecular flexibility index (Phi) is 6.60. The molecule has 1 aromatic rings. The molecule has 0 spiro atoms. The lowest BCUT2D eigenvalue weighted by molar-refractivity contribution is -0.122. The molecule has 2 rings (SSSR count). The van der Waals surface area contributed by atoms with Crippen molar-refractivity contribution in [2.45, 2.75) is 69.9 Å². The van der Waals surface area contributed by atoms with Crippen molar-refractivity contribution in [3.63, 3.8) is 0 Å². The molecule has 2 N–H and O–H groups in total. The molecule has 1 aliphatic carbocycles. The highest BCUT2D eigenvalue weighted by atomic mass is 16.3. The van der Waals surface area contributed by atoms with Crippen molar-refractivity contribution in [1.82, 2.24) is 15.3 Å². The minimum Gasteiger partial charge on any atom is -0.393 e. The molecule has 0 aromatic carbocycles. The van der Waals surface area contributed by atoms with Crippen molar-refractivity contribution in [1.29, 1.82) is 0 Å². The molecule has 0 unspecified atom stereocenters. The van der Waals surface area contributed by atoms with E-state index in [-0.39, 0.29) is 18.1 Å². The van der Waals surface area contributed by atoms with Crippen LogP contribution in [0.2, 0.25) is 0 Å². The molecule has 5 heteroatoms. The van der Waals surface area contributed by atoms with Gasteiger partial charge in [0.05, 0.1) is 6.10 Å². The number of aliphatic hydroxyl groups excluding tert-OH is 1. The normalized spacial score (nSPS) is 22.0. The van der Waals surface area contributed by atoms with Gasteiger partial charge in [0.2, 0.25) is 5.91 Å². The van der Waals surface area contributed by atoms with Gasteiger partial charge in [-0.2, -0.15) is 0 Å². The van der Waals surface area contributed by atoms with E-state index < -0.39 is 0 Å². The molecule has 1 fully saturated rings. The van der Waals surface area contributed by atoms with Crippen molar-refractivity contribution in [2.24, 2.45) is 0 Å². The summed E-state index contributed by atoms with van der Waals surface area (Å²) in [6.45, 7) is 0. The average molecular weight is 291 g/mol. The summed E-state index contributed by atoms with van der Waals surface area (Å²) >= 11 is 0. The number of carbonyl (C=O) groups is 1. The molecule has 0 radical (unpaired) electrons. The van der Waals surface area contributed by atoms with Gasteiger partial charge in [-0.05, 0) is 50.5 Å². The molecule has 1 aliphatic rings. The first kappa shape index (κ1) is 15.9. The number of carbonyl (C=O) groups excluding carboxylic acids is 1. The van der Waals surface area contributed by atoms with Crippen LogP contribution in [-0.4, -0.2) is 33.1 Å². The maximum absolute atomic E-state index is 11.8. The zero-order valence-corrected chi connectivity index (χ0v) is 12.5. The van der Waals surface area contributed by atoms with Crippen molar-refractivity contribution in [3.8, 4) is 0 Å². The smallest absolute Gasteiger partial charge is 0.220 e. The Balaban J connectivity index is 1.51. The Hall–Kier alpha value is -1.49. The van der Waals surface area contributed by atoms with Crippen LogP contribution in [0.1, 0.15) is 56.9 Å². The van der Waals surface area contributed by atoms with Gasteiger partial charge in [-0.3, -0.25) is 4.79 Å². The minimum atomic E-state index is -0.167. The molecule has 0 aliphatic heterocycles. The number of nitrogens with one attached hydrogen (secondary N) is 1. The van der Waals surface area contributed by atoms with E-state index in [1.807, 2.05) is 12.4 Å². The first-order chi connectivity index (χ1) is 10.2. The highest BCUT2D eigenvalue weighted by Crippen LogP contribution is 2.18. The molecule has 1 amide bonds. The predicted molar refractivity (Wildman–Crippen MR) is 80.6 cm³/mol. The number of aryl methyl sites for hydroxylation is 1. The van der Waals surface area contributed by atoms with Crippen molar-refractivity contribution in [2.75, 3.05) is 0 Å². The summed E-state index contributed by atoms with van der Waals surface area (Å²) in [5, 5.41) is 12.5. The van der Waals surface area contributed by atoms with Gasteiger partial charge in [0.1, 0.15) is 6.33 Å². The largest absolute Gasteiger partial charge is 0.393 e. The second-order valence-corrected chi connectivity index (χ2v) is 5.88. The van der Waals surface area contributed by atoms with E-state index in [1.54, 1.807) is 0 Å². The molecule has 116 valence electrons. The summed E-state index contributed by atoms with van der Waals surface area (Å²) in [6, 6.07) is 0.266. The SMILES string of the molecule is O=C(CCCCCc1cncnc1)NC1CCC(O)CC1. The molecule has 1 aromatic heterocycles. The van der Waals surface area contributed by atoms with Gasteiger partial charge in [-0.1, -0.05) is 6.42 Å². The molecular formula is C16H25N3O2. The first-order valence-corrected chi connectivity index (χ1v) is 7.95. The van der Waals surface area contributed by atoms with E-state index in [1.165, 1.54) is 6.33 Å². The summed E-state index contributed by atoms with van der Waals surface area (Å²) < 4.78 is 0. The number of hydrogen-bond donors (Lipinski definition) is 2. The van der Waals surface area contributed by atoms with Gasteiger partial charge >= 0.3 is 0 Å². The van der Waals surface area contributed by atoms with E-state index >= 15 is 0 Å². The third kappa shape index (κ3) is 6.21. The van der Waals surface area contributed by atoms with Gasteiger partial charge in [0, 0.05) is 24.9 Å². The summed E-state index contributed by atoms with van der Waals surface area (Å²) in [7, 11) is 0. The fraction of sp³-hybridized carbons (Fsp3) is 0.688. The average Bonchev–Trinajstić information content (AvgIpc) is 2.50. The fourth-order valence-electron chi connectivity index (χ4n) is 2.77. The Morgan fingerprint density at radius 1 is 1.14 bits per heavy atom. The molecule has 1 saturated carbocycles. The Morgan fingerprint density at radius 3 is 2.57 bits per heavy atom. The quantitative estimate of drug-likeness (QED) is 0.753.